The van der Waals surface area contributed by atoms with Gasteiger partial charge in [0.2, 0.25) is 6.23 Å². The summed E-state index contributed by atoms with van der Waals surface area (Å²) in [5.74, 6) is 2.07. The van der Waals surface area contributed by atoms with E-state index in [4.69, 9.17) is 19.3 Å². The molecule has 0 radical (unpaired) electrons. The Morgan fingerprint density at radius 3 is 2.56 bits per heavy atom. The highest BCUT2D eigenvalue weighted by molar-refractivity contribution is 6.02. The Kier molecular flexibility index (Phi) is 4.89. The molecule has 0 saturated heterocycles. The van der Waals surface area contributed by atoms with E-state index in [2.05, 4.69) is 0 Å². The van der Waals surface area contributed by atoms with Gasteiger partial charge in [-0.05, 0) is 30.3 Å². The number of nitro benzene ring substituents is 1. The highest BCUT2D eigenvalue weighted by Crippen LogP contribution is 2.50. The molecule has 3 aromatic carbocycles. The third kappa shape index (κ3) is 3.30. The Bertz CT molecular complexity index is 1210. The number of hydrogen-bond donors (Lipinski definition) is 0. The van der Waals surface area contributed by atoms with Gasteiger partial charge in [-0.15, -0.1) is 0 Å². The molecule has 0 bridgehead atoms. The van der Waals surface area contributed by atoms with Crippen LogP contribution in [-0.2, 0) is 0 Å². The van der Waals surface area contributed by atoms with Crippen LogP contribution in [0.25, 0.3) is 0 Å². The van der Waals surface area contributed by atoms with Gasteiger partial charge in [0, 0.05) is 35.2 Å². The number of hydrazone groups is 1. The van der Waals surface area contributed by atoms with E-state index < -0.39 is 11.2 Å². The third-order valence-electron chi connectivity index (χ3n) is 5.79. The zero-order chi connectivity index (χ0) is 22.2. The lowest BCUT2D eigenvalue weighted by Crippen LogP contribution is -2.33. The van der Waals surface area contributed by atoms with Crippen molar-refractivity contribution in [2.45, 2.75) is 18.7 Å². The summed E-state index contributed by atoms with van der Waals surface area (Å²) in [6.45, 7) is 0. The van der Waals surface area contributed by atoms with Crippen molar-refractivity contribution in [2.75, 3.05) is 14.2 Å². The molecule has 2 atom stereocenters. The molecule has 0 spiro atoms. The standard InChI is InChI=1S/C24H21N3O5/c1-30-18-6-3-5-16(13-18)20-14-21-19-7-4-8-22(31-2)23(19)32-24(26(21)25-20)15-9-11-17(12-10-15)27(28)29/h3-13,21,24H,14H2,1-2H3/t21-,24+/m0/s1. The number of nitrogens with zero attached hydrogens (tertiary/aromatic N) is 3. The summed E-state index contributed by atoms with van der Waals surface area (Å²) >= 11 is 0. The summed E-state index contributed by atoms with van der Waals surface area (Å²) < 4.78 is 17.3. The molecule has 2 aliphatic rings. The minimum absolute atomic E-state index is 0.0288. The molecule has 0 saturated carbocycles. The maximum absolute atomic E-state index is 11.1. The van der Waals surface area contributed by atoms with Crippen LogP contribution < -0.4 is 14.2 Å². The number of rotatable bonds is 5. The van der Waals surface area contributed by atoms with Gasteiger partial charge in [-0.3, -0.25) is 10.1 Å². The molecule has 0 amide bonds. The number of nitro groups is 1. The minimum atomic E-state index is -0.548. The van der Waals surface area contributed by atoms with Gasteiger partial charge < -0.3 is 14.2 Å². The number of fused-ring (bicyclic) bond motifs is 3. The van der Waals surface area contributed by atoms with E-state index in [9.17, 15) is 10.1 Å². The predicted molar refractivity (Wildman–Crippen MR) is 118 cm³/mol. The summed E-state index contributed by atoms with van der Waals surface area (Å²) in [5.41, 5.74) is 3.68. The average Bonchev–Trinajstić information content (AvgIpc) is 3.29. The van der Waals surface area contributed by atoms with Crippen LogP contribution in [0.4, 0.5) is 5.69 Å². The van der Waals surface area contributed by atoms with Crippen LogP contribution in [0.2, 0.25) is 0 Å². The quantitative estimate of drug-likeness (QED) is 0.424. The van der Waals surface area contributed by atoms with E-state index >= 15 is 0 Å². The van der Waals surface area contributed by atoms with Gasteiger partial charge in [0.15, 0.2) is 11.5 Å². The van der Waals surface area contributed by atoms with E-state index in [1.54, 1.807) is 26.4 Å². The van der Waals surface area contributed by atoms with Crippen LogP contribution in [0.15, 0.2) is 71.8 Å². The maximum atomic E-state index is 11.1. The van der Waals surface area contributed by atoms with Gasteiger partial charge in [0.25, 0.3) is 5.69 Å². The lowest BCUT2D eigenvalue weighted by Gasteiger charge is -2.38. The molecule has 0 fully saturated rings. The first-order valence-electron chi connectivity index (χ1n) is 10.2. The van der Waals surface area contributed by atoms with Gasteiger partial charge in [0.05, 0.1) is 30.9 Å². The van der Waals surface area contributed by atoms with Crippen LogP contribution in [0.5, 0.6) is 17.2 Å². The molecule has 0 unspecified atom stereocenters. The predicted octanol–water partition coefficient (Wildman–Crippen LogP) is 4.85. The number of non-ortho nitro benzene ring substituents is 1. The monoisotopic (exact) mass is 431 g/mol. The lowest BCUT2D eigenvalue weighted by molar-refractivity contribution is -0.384. The number of benzene rings is 3. The zero-order valence-electron chi connectivity index (χ0n) is 17.6. The van der Waals surface area contributed by atoms with Crippen molar-refractivity contribution in [1.29, 1.82) is 0 Å². The molecule has 32 heavy (non-hydrogen) atoms. The summed E-state index contributed by atoms with van der Waals surface area (Å²) in [4.78, 5) is 10.7. The van der Waals surface area contributed by atoms with Crippen LogP contribution in [0.1, 0.15) is 35.4 Å². The Morgan fingerprint density at radius 2 is 1.84 bits per heavy atom. The van der Waals surface area contributed by atoms with Crippen LogP contribution in [0, 0.1) is 10.1 Å². The first kappa shape index (κ1) is 19.9. The van der Waals surface area contributed by atoms with Gasteiger partial charge in [-0.1, -0.05) is 24.3 Å². The van der Waals surface area contributed by atoms with Crippen molar-refractivity contribution in [3.05, 3.63) is 93.5 Å². The molecular formula is C24H21N3O5. The summed E-state index contributed by atoms with van der Waals surface area (Å²) in [6, 6.07) is 19.9. The number of para-hydroxylation sites is 1. The third-order valence-corrected chi connectivity index (χ3v) is 5.79. The van der Waals surface area contributed by atoms with E-state index in [-0.39, 0.29) is 11.7 Å². The lowest BCUT2D eigenvalue weighted by atomic mass is 9.95. The summed E-state index contributed by atoms with van der Waals surface area (Å²) in [7, 11) is 3.25. The van der Waals surface area contributed by atoms with Gasteiger partial charge >= 0.3 is 0 Å². The molecule has 8 nitrogen and oxygen atoms in total. The van der Waals surface area contributed by atoms with E-state index in [1.807, 2.05) is 47.5 Å². The normalized spacial score (nSPS) is 18.8. The van der Waals surface area contributed by atoms with Crippen molar-refractivity contribution < 1.29 is 19.1 Å². The summed E-state index contributed by atoms with van der Waals surface area (Å²) in [5, 5.41) is 17.9. The van der Waals surface area contributed by atoms with Gasteiger partial charge in [-0.25, -0.2) is 5.01 Å². The van der Waals surface area contributed by atoms with E-state index in [1.165, 1.54) is 12.1 Å². The molecule has 0 aromatic heterocycles. The Hall–Kier alpha value is -4.07. The smallest absolute Gasteiger partial charge is 0.269 e. The first-order valence-corrected chi connectivity index (χ1v) is 10.2. The molecule has 3 aromatic rings. The van der Waals surface area contributed by atoms with Crippen molar-refractivity contribution >= 4 is 11.4 Å². The number of hydrogen-bond acceptors (Lipinski definition) is 7. The van der Waals surface area contributed by atoms with E-state index in [0.29, 0.717) is 17.9 Å². The van der Waals surface area contributed by atoms with E-state index in [0.717, 1.165) is 28.2 Å². The second-order valence-corrected chi connectivity index (χ2v) is 7.58. The average molecular weight is 431 g/mol. The second kappa shape index (κ2) is 7.88. The minimum Gasteiger partial charge on any atom is -0.497 e. The molecule has 8 heteroatoms. The van der Waals surface area contributed by atoms with Gasteiger partial charge in [-0.2, -0.15) is 5.10 Å². The second-order valence-electron chi connectivity index (χ2n) is 7.58. The molecule has 162 valence electrons. The Balaban J connectivity index is 1.59. The van der Waals surface area contributed by atoms with Crippen molar-refractivity contribution in [2.24, 2.45) is 5.10 Å². The molecule has 2 aliphatic heterocycles. The molecule has 2 heterocycles. The van der Waals surface area contributed by atoms with Crippen molar-refractivity contribution in [3.8, 4) is 17.2 Å². The highest BCUT2D eigenvalue weighted by atomic mass is 16.6. The number of methoxy groups -OCH3 is 2. The molecular weight excluding hydrogens is 410 g/mol. The topological polar surface area (TPSA) is 86.4 Å². The molecule has 0 aliphatic carbocycles. The first-order chi connectivity index (χ1) is 15.6. The van der Waals surface area contributed by atoms with Crippen LogP contribution in [0.3, 0.4) is 0 Å². The Labute approximate surface area is 184 Å². The highest BCUT2D eigenvalue weighted by Gasteiger charge is 2.42. The van der Waals surface area contributed by atoms with Gasteiger partial charge in [0.1, 0.15) is 5.75 Å². The van der Waals surface area contributed by atoms with Crippen LogP contribution >= 0.6 is 0 Å². The fourth-order valence-corrected chi connectivity index (χ4v) is 4.20. The summed E-state index contributed by atoms with van der Waals surface area (Å²) in [6.07, 6.45) is 0.132. The molecule has 0 N–H and O–H groups in total. The fraction of sp³-hybridized carbons (Fsp3) is 0.208. The largest absolute Gasteiger partial charge is 0.497 e. The zero-order valence-corrected chi connectivity index (χ0v) is 17.6. The van der Waals surface area contributed by atoms with Crippen molar-refractivity contribution in [3.63, 3.8) is 0 Å². The molecule has 5 rings (SSSR count). The van der Waals surface area contributed by atoms with Crippen molar-refractivity contribution in [1.82, 2.24) is 5.01 Å². The van der Waals surface area contributed by atoms with Crippen LogP contribution in [-0.4, -0.2) is 29.9 Å². The maximum Gasteiger partial charge on any atom is 0.269 e. The number of ether oxygens (including phenoxy) is 3. The Morgan fingerprint density at radius 1 is 1.06 bits per heavy atom. The fourth-order valence-electron chi connectivity index (χ4n) is 4.20. The SMILES string of the molecule is COc1cccc(C2=NN3[C@@H](c4ccc([N+](=O)[O-])cc4)Oc4c(OC)cccc4[C@@H]3C2)c1.